The van der Waals surface area contributed by atoms with Gasteiger partial charge in [-0.05, 0) is 40.5 Å². The zero-order valence-corrected chi connectivity index (χ0v) is 9.65. The van der Waals surface area contributed by atoms with E-state index in [4.69, 9.17) is 0 Å². The van der Waals surface area contributed by atoms with E-state index in [1.165, 1.54) is 6.07 Å². The minimum absolute atomic E-state index is 0.318. The second-order valence-corrected chi connectivity index (χ2v) is 3.76. The van der Waals surface area contributed by atoms with Crippen LogP contribution in [0.25, 0.3) is 0 Å². The number of aryl methyl sites for hydroxylation is 1. The average Bonchev–Trinajstić information content (AvgIpc) is 2.08. The fourth-order valence-corrected chi connectivity index (χ4v) is 1.80. The highest BCUT2D eigenvalue weighted by Gasteiger charge is 2.31. The van der Waals surface area contributed by atoms with Crippen LogP contribution in [0.1, 0.15) is 5.56 Å². The molecule has 1 aromatic carbocycles. The summed E-state index contributed by atoms with van der Waals surface area (Å²) < 4.78 is 39.9. The molecule has 88 valence electrons. The lowest BCUT2D eigenvalue weighted by Crippen LogP contribution is -2.17. The molecule has 7 heteroatoms. The highest BCUT2D eigenvalue weighted by Crippen LogP contribution is 2.33. The van der Waals surface area contributed by atoms with E-state index in [2.05, 4.69) is 26.0 Å². The van der Waals surface area contributed by atoms with Gasteiger partial charge in [-0.25, -0.2) is 0 Å². The van der Waals surface area contributed by atoms with Crippen LogP contribution in [-0.4, -0.2) is 12.8 Å². The number of carbonyl (C=O) groups is 1. The molecule has 0 saturated heterocycles. The number of anilines is 1. The van der Waals surface area contributed by atoms with Gasteiger partial charge in [-0.1, -0.05) is 0 Å². The second kappa shape index (κ2) is 4.73. The van der Waals surface area contributed by atoms with Crippen molar-refractivity contribution in [3.63, 3.8) is 0 Å². The van der Waals surface area contributed by atoms with Gasteiger partial charge in [0.1, 0.15) is 5.75 Å². The van der Waals surface area contributed by atoms with Crippen molar-refractivity contribution in [2.24, 2.45) is 0 Å². The van der Waals surface area contributed by atoms with Crippen molar-refractivity contribution in [3.8, 4) is 5.75 Å². The van der Waals surface area contributed by atoms with Gasteiger partial charge in [-0.15, -0.1) is 13.2 Å². The second-order valence-electron chi connectivity index (χ2n) is 2.91. The molecule has 0 spiro atoms. The topological polar surface area (TPSA) is 38.3 Å². The van der Waals surface area contributed by atoms with Crippen LogP contribution in [0.2, 0.25) is 0 Å². The van der Waals surface area contributed by atoms with Crippen LogP contribution >= 0.6 is 15.9 Å². The maximum Gasteiger partial charge on any atom is 0.573 e. The first kappa shape index (κ1) is 12.8. The largest absolute Gasteiger partial charge is 0.573 e. The molecule has 0 radical (unpaired) electrons. The minimum Gasteiger partial charge on any atom is -0.406 e. The van der Waals surface area contributed by atoms with Crippen molar-refractivity contribution in [3.05, 3.63) is 22.2 Å². The van der Waals surface area contributed by atoms with E-state index in [0.717, 1.165) is 6.07 Å². The summed E-state index contributed by atoms with van der Waals surface area (Å²) in [4.78, 5) is 10.2. The van der Waals surface area contributed by atoms with Crippen LogP contribution in [0.15, 0.2) is 16.6 Å². The van der Waals surface area contributed by atoms with E-state index in [0.29, 0.717) is 22.1 Å². The number of rotatable bonds is 3. The van der Waals surface area contributed by atoms with Crippen molar-refractivity contribution in [2.75, 3.05) is 5.32 Å². The zero-order valence-electron chi connectivity index (χ0n) is 8.06. The fourth-order valence-electron chi connectivity index (χ4n) is 1.15. The van der Waals surface area contributed by atoms with E-state index in [1.807, 2.05) is 0 Å². The Morgan fingerprint density at radius 2 is 2.06 bits per heavy atom. The molecule has 1 aromatic rings. The van der Waals surface area contributed by atoms with Crippen molar-refractivity contribution < 1.29 is 22.7 Å². The maximum absolute atomic E-state index is 11.9. The monoisotopic (exact) mass is 297 g/mol. The molecule has 0 fully saturated rings. The van der Waals surface area contributed by atoms with Gasteiger partial charge in [0, 0.05) is 4.47 Å². The highest BCUT2D eigenvalue weighted by atomic mass is 79.9. The number of carbonyl (C=O) groups excluding carboxylic acids is 1. The number of nitrogens with one attached hydrogen (secondary N) is 1. The van der Waals surface area contributed by atoms with Gasteiger partial charge in [0.05, 0.1) is 5.69 Å². The van der Waals surface area contributed by atoms with Crippen molar-refractivity contribution >= 4 is 28.0 Å². The molecule has 0 aliphatic carbocycles. The molecular weight excluding hydrogens is 291 g/mol. The van der Waals surface area contributed by atoms with Crippen LogP contribution < -0.4 is 10.1 Å². The molecule has 3 nitrogen and oxygen atoms in total. The van der Waals surface area contributed by atoms with Gasteiger partial charge >= 0.3 is 6.36 Å². The summed E-state index contributed by atoms with van der Waals surface area (Å²) in [7, 11) is 0. The van der Waals surface area contributed by atoms with Crippen LogP contribution in [0, 0.1) is 6.92 Å². The third-order valence-electron chi connectivity index (χ3n) is 1.70. The molecule has 16 heavy (non-hydrogen) atoms. The summed E-state index contributed by atoms with van der Waals surface area (Å²) >= 11 is 3.04. The lowest BCUT2D eigenvalue weighted by molar-refractivity contribution is -0.274. The van der Waals surface area contributed by atoms with Gasteiger partial charge in [-0.3, -0.25) is 4.79 Å². The van der Waals surface area contributed by atoms with Crippen molar-refractivity contribution in [1.29, 1.82) is 0 Å². The zero-order chi connectivity index (χ0) is 12.3. The third kappa shape index (κ3) is 3.41. The fraction of sp³-hybridized carbons (Fsp3) is 0.222. The predicted octanol–water partition coefficient (Wildman–Crippen LogP) is 3.22. The standard InChI is InChI=1S/C9H7BrF3NO2/c1-5-2-6(16-9(11,12)13)3-7(10)8(5)14-4-15/h2-4H,1H3,(H,14,15). The van der Waals surface area contributed by atoms with Crippen molar-refractivity contribution in [2.45, 2.75) is 13.3 Å². The molecule has 0 unspecified atom stereocenters. The average molecular weight is 298 g/mol. The number of halogens is 4. The van der Waals surface area contributed by atoms with Crippen molar-refractivity contribution in [1.82, 2.24) is 0 Å². The maximum atomic E-state index is 11.9. The Bertz CT molecular complexity index is 383. The number of ether oxygens (including phenoxy) is 1. The lowest BCUT2D eigenvalue weighted by atomic mass is 10.2. The van der Waals surface area contributed by atoms with E-state index in [1.54, 1.807) is 6.92 Å². The number of benzene rings is 1. The molecular formula is C9H7BrF3NO2. The molecule has 0 aliphatic rings. The van der Waals surface area contributed by atoms with Crippen LogP contribution in [0.4, 0.5) is 18.9 Å². The Labute approximate surface area is 97.7 Å². The Morgan fingerprint density at radius 3 is 2.50 bits per heavy atom. The SMILES string of the molecule is Cc1cc(OC(F)(F)F)cc(Br)c1NC=O. The Hall–Kier alpha value is -1.24. The number of amides is 1. The predicted molar refractivity (Wildman–Crippen MR) is 55.2 cm³/mol. The summed E-state index contributed by atoms with van der Waals surface area (Å²) in [5, 5.41) is 2.37. The normalized spacial score (nSPS) is 11.1. The Morgan fingerprint density at radius 1 is 1.44 bits per heavy atom. The molecule has 0 heterocycles. The first-order chi connectivity index (χ1) is 7.33. The quantitative estimate of drug-likeness (QED) is 0.870. The Balaban J connectivity index is 3.04. The molecule has 0 bridgehead atoms. The number of alkyl halides is 3. The summed E-state index contributed by atoms with van der Waals surface area (Å²) in [5.41, 5.74) is 0.866. The molecule has 0 aromatic heterocycles. The summed E-state index contributed by atoms with van der Waals surface area (Å²) in [6, 6.07) is 2.32. The summed E-state index contributed by atoms with van der Waals surface area (Å²) in [6.07, 6.45) is -4.29. The summed E-state index contributed by atoms with van der Waals surface area (Å²) in [6.45, 7) is 1.56. The van der Waals surface area contributed by atoms with Gasteiger partial charge in [-0.2, -0.15) is 0 Å². The summed E-state index contributed by atoms with van der Waals surface area (Å²) in [5.74, 6) is -0.340. The van der Waals surface area contributed by atoms with Crippen LogP contribution in [-0.2, 0) is 4.79 Å². The van der Waals surface area contributed by atoms with Gasteiger partial charge in [0.15, 0.2) is 0 Å². The molecule has 0 saturated carbocycles. The van der Waals surface area contributed by atoms with E-state index < -0.39 is 6.36 Å². The van der Waals surface area contributed by atoms with Gasteiger partial charge in [0.25, 0.3) is 0 Å². The van der Waals surface area contributed by atoms with Crippen LogP contribution in [0.5, 0.6) is 5.75 Å². The van der Waals surface area contributed by atoms with Gasteiger partial charge < -0.3 is 10.1 Å². The first-order valence-electron chi connectivity index (χ1n) is 4.09. The number of hydrogen-bond donors (Lipinski definition) is 1. The van der Waals surface area contributed by atoms with E-state index in [-0.39, 0.29) is 5.75 Å². The van der Waals surface area contributed by atoms with Crippen LogP contribution in [0.3, 0.4) is 0 Å². The smallest absolute Gasteiger partial charge is 0.406 e. The molecule has 1 rings (SSSR count). The van der Waals surface area contributed by atoms with Gasteiger partial charge in [0.2, 0.25) is 6.41 Å². The molecule has 1 N–H and O–H groups in total. The van der Waals surface area contributed by atoms with E-state index in [9.17, 15) is 18.0 Å². The molecule has 1 amide bonds. The minimum atomic E-state index is -4.73. The van der Waals surface area contributed by atoms with E-state index >= 15 is 0 Å². The Kier molecular flexibility index (Phi) is 3.79. The first-order valence-corrected chi connectivity index (χ1v) is 4.89. The molecule has 0 aliphatic heterocycles. The third-order valence-corrected chi connectivity index (χ3v) is 2.32. The molecule has 0 atom stereocenters. The highest BCUT2D eigenvalue weighted by molar-refractivity contribution is 9.10. The number of hydrogen-bond acceptors (Lipinski definition) is 2. The lowest BCUT2D eigenvalue weighted by Gasteiger charge is -2.12.